The van der Waals surface area contributed by atoms with E-state index in [1.807, 2.05) is 22.7 Å². The van der Waals surface area contributed by atoms with Crippen LogP contribution in [-0.4, -0.2) is 36.8 Å². The van der Waals surface area contributed by atoms with Crippen molar-refractivity contribution in [1.29, 1.82) is 0 Å². The van der Waals surface area contributed by atoms with Crippen LogP contribution in [0.15, 0.2) is 35.0 Å². The van der Waals surface area contributed by atoms with Gasteiger partial charge in [-0.25, -0.2) is 0 Å². The topological polar surface area (TPSA) is 0 Å². The van der Waals surface area contributed by atoms with Crippen molar-refractivity contribution in [2.45, 2.75) is 232 Å². The maximum atomic E-state index is 2.78. The average Bonchev–Trinajstić information content (AvgIpc) is 4.10. The first-order valence-corrected chi connectivity index (χ1v) is 49.4. The molecule has 0 aromatic carbocycles. The summed E-state index contributed by atoms with van der Waals surface area (Å²) in [5.74, 6) is 3.40. The van der Waals surface area contributed by atoms with Crippen LogP contribution in [0.5, 0.6) is 0 Å². The molecule has 0 N–H and O–H groups in total. The van der Waals surface area contributed by atoms with E-state index >= 15 is 0 Å². The second-order valence-corrected chi connectivity index (χ2v) is 56.9. The minimum absolute atomic E-state index is 0. The summed E-state index contributed by atoms with van der Waals surface area (Å²) in [4.78, 5) is 22.3. The largest absolute Gasteiger partial charge is 0.143 e. The summed E-state index contributed by atoms with van der Waals surface area (Å²) in [5, 5.41) is 4.70. The van der Waals surface area contributed by atoms with E-state index in [9.17, 15) is 0 Å². The monoisotopic (exact) mass is 1150 g/mol. The fourth-order valence-corrected chi connectivity index (χ4v) is 26.6. The number of hydrogen-bond donors (Lipinski definition) is 0. The molecule has 4 atom stereocenters. The van der Waals surface area contributed by atoms with Gasteiger partial charge in [-0.3, -0.25) is 0 Å². The van der Waals surface area contributed by atoms with Crippen LogP contribution in [0.4, 0.5) is 0 Å². The van der Waals surface area contributed by atoms with Crippen LogP contribution < -0.4 is 5.79 Å². The SMILES string of the molecule is C.CCCCC(CC)CC1(CC(CC)CCCC)c2c[c]([Sn]([CH3])([CH3])[CH3])sc2-c2s[c]([Sn]([CH3])([CH3])[CH3])cc21.CCCCC(CC)CC1(CC(CC)CCCC)c2ccsc2-c2sccc21. The van der Waals surface area contributed by atoms with E-state index in [-0.39, 0.29) is 18.3 Å². The van der Waals surface area contributed by atoms with Crippen LogP contribution in [0, 0.1) is 23.7 Å². The van der Waals surface area contributed by atoms with E-state index in [4.69, 9.17) is 0 Å². The van der Waals surface area contributed by atoms with E-state index in [0.717, 1.165) is 23.7 Å². The maximum absolute atomic E-state index is 2.78. The minimum Gasteiger partial charge on any atom is -0.143 e. The van der Waals surface area contributed by atoms with Crippen molar-refractivity contribution in [2.75, 3.05) is 0 Å². The molecule has 63 heavy (non-hydrogen) atoms. The molecular formula is C57H96S4Sn2. The molecule has 0 aliphatic heterocycles. The Morgan fingerprint density at radius 1 is 0.429 bits per heavy atom. The normalized spacial score (nSPS) is 16.6. The fourth-order valence-electron chi connectivity index (χ4n) is 11.4. The molecule has 0 radical (unpaired) electrons. The van der Waals surface area contributed by atoms with Gasteiger partial charge >= 0.3 is 237 Å². The number of hydrogen-bond acceptors (Lipinski definition) is 4. The summed E-state index contributed by atoms with van der Waals surface area (Å²) in [6.45, 7) is 19.2. The van der Waals surface area contributed by atoms with Crippen LogP contribution in [0.3, 0.4) is 0 Å². The van der Waals surface area contributed by atoms with Crippen LogP contribution >= 0.6 is 45.3 Å². The molecule has 4 aromatic heterocycles. The van der Waals surface area contributed by atoms with Gasteiger partial charge in [0.25, 0.3) is 0 Å². The molecule has 0 amide bonds. The summed E-state index contributed by atoms with van der Waals surface area (Å²) in [6, 6.07) is 10.5. The van der Waals surface area contributed by atoms with E-state index in [2.05, 4.69) is 143 Å². The minimum atomic E-state index is -2.14. The molecule has 4 unspecified atom stereocenters. The Morgan fingerprint density at radius 2 is 0.714 bits per heavy atom. The Balaban J connectivity index is 0.000000281. The van der Waals surface area contributed by atoms with E-state index in [0.29, 0.717) is 0 Å². The quantitative estimate of drug-likeness (QED) is 0.0550. The first-order valence-electron chi connectivity index (χ1n) is 26.1. The van der Waals surface area contributed by atoms with Crippen LogP contribution in [0.25, 0.3) is 19.5 Å². The zero-order valence-corrected chi connectivity index (χ0v) is 51.5. The van der Waals surface area contributed by atoms with Gasteiger partial charge in [0.15, 0.2) is 0 Å². The standard InChI is InChI=1S/C25H38S2.C25H36S2.CH4.6CH3.2Sn/c2*1-5-9-11-19(7-3)17-25(18-20(8-4)12-10-6-2)21-13-15-26-23(21)24-22(25)14-16-27-24;;;;;;;;;/h13-16,19-20H,5-12,17-18H2,1-4H3;13-14,19-20H,5-12,17-18H2,1-4H3;1H4;6*1H3;;. The molecule has 356 valence electrons. The number of thiophene rings is 4. The van der Waals surface area contributed by atoms with Gasteiger partial charge in [0, 0.05) is 15.2 Å². The Morgan fingerprint density at radius 3 is 0.968 bits per heavy atom. The van der Waals surface area contributed by atoms with Gasteiger partial charge in [-0.2, -0.15) is 0 Å². The van der Waals surface area contributed by atoms with Gasteiger partial charge in [-0.1, -0.05) is 86.5 Å². The molecular weight excluding hydrogens is 1050 g/mol. The average molecular weight is 1150 g/mol. The first-order chi connectivity index (χ1) is 29.6. The zero-order chi connectivity index (χ0) is 45.3. The van der Waals surface area contributed by atoms with Crippen LogP contribution in [0.2, 0.25) is 29.6 Å². The van der Waals surface area contributed by atoms with E-state index in [1.54, 1.807) is 47.5 Å². The maximum Gasteiger partial charge on any atom is 0.0486 e. The molecule has 6 rings (SSSR count). The van der Waals surface area contributed by atoms with Gasteiger partial charge in [0.05, 0.1) is 0 Å². The Kier molecular flexibility index (Phi) is 22.5. The third-order valence-electron chi connectivity index (χ3n) is 15.5. The smallest absolute Gasteiger partial charge is 0.0486 e. The van der Waals surface area contributed by atoms with Crippen molar-refractivity contribution in [1.82, 2.24) is 0 Å². The summed E-state index contributed by atoms with van der Waals surface area (Å²) in [7, 11) is 0. The van der Waals surface area contributed by atoms with Crippen molar-refractivity contribution < 1.29 is 0 Å². The summed E-state index contributed by atoms with van der Waals surface area (Å²) in [5.41, 5.74) is 7.48. The predicted molar refractivity (Wildman–Crippen MR) is 301 cm³/mol. The van der Waals surface area contributed by atoms with Gasteiger partial charge in [-0.15, -0.1) is 22.7 Å². The molecule has 0 saturated heterocycles. The van der Waals surface area contributed by atoms with Crippen molar-refractivity contribution in [3.05, 3.63) is 57.3 Å². The van der Waals surface area contributed by atoms with Crippen molar-refractivity contribution in [3.8, 4) is 19.5 Å². The molecule has 6 heteroatoms. The summed E-state index contributed by atoms with van der Waals surface area (Å²) in [6.07, 6.45) is 27.3. The van der Waals surface area contributed by atoms with Crippen molar-refractivity contribution in [3.63, 3.8) is 0 Å². The number of fused-ring (bicyclic) bond motifs is 6. The van der Waals surface area contributed by atoms with Crippen molar-refractivity contribution in [2.24, 2.45) is 23.7 Å². The molecule has 4 heterocycles. The second-order valence-electron chi connectivity index (χ2n) is 22.2. The first kappa shape index (κ1) is 56.0. The predicted octanol–water partition coefficient (Wildman–Crippen LogP) is 20.3. The van der Waals surface area contributed by atoms with Gasteiger partial charge in [0.1, 0.15) is 0 Å². The van der Waals surface area contributed by atoms with Crippen molar-refractivity contribution >= 4 is 87.9 Å². The molecule has 0 bridgehead atoms. The Labute approximate surface area is 415 Å². The molecule has 4 aromatic rings. The van der Waals surface area contributed by atoms with E-state index in [1.165, 1.54) is 128 Å². The number of unbranched alkanes of at least 4 members (excludes halogenated alkanes) is 4. The third kappa shape index (κ3) is 13.0. The van der Waals surface area contributed by atoms with E-state index < -0.39 is 36.8 Å². The molecule has 0 saturated carbocycles. The Bertz CT molecular complexity index is 1780. The molecule has 0 spiro atoms. The van der Waals surface area contributed by atoms with Crippen LogP contribution in [0.1, 0.15) is 213 Å². The van der Waals surface area contributed by atoms with Crippen LogP contribution in [-0.2, 0) is 10.8 Å². The summed E-state index contributed by atoms with van der Waals surface area (Å²) >= 11 is 4.13. The summed E-state index contributed by atoms with van der Waals surface area (Å²) < 4.78 is 3.61. The van der Waals surface area contributed by atoms with Gasteiger partial charge in [-0.05, 0) is 58.7 Å². The third-order valence-corrected chi connectivity index (χ3v) is 38.7. The van der Waals surface area contributed by atoms with Gasteiger partial charge < -0.3 is 0 Å². The molecule has 2 aliphatic carbocycles. The molecule has 0 nitrogen and oxygen atoms in total. The second kappa shape index (κ2) is 25.3. The van der Waals surface area contributed by atoms with Gasteiger partial charge in [0.2, 0.25) is 0 Å². The molecule has 0 fully saturated rings. The zero-order valence-electron chi connectivity index (χ0n) is 42.5. The Hall–Kier alpha value is 0.397. The molecule has 2 aliphatic rings. The fraction of sp³-hybridized carbons (Fsp3) is 0.719. The number of rotatable bonds is 26.